The van der Waals surface area contributed by atoms with Crippen molar-refractivity contribution >= 4 is 21.6 Å². The molecule has 2 N–H and O–H groups in total. The Morgan fingerprint density at radius 3 is 2.64 bits per heavy atom. The van der Waals surface area contributed by atoms with E-state index in [9.17, 15) is 13.2 Å². The van der Waals surface area contributed by atoms with E-state index in [0.29, 0.717) is 25.5 Å². The van der Waals surface area contributed by atoms with E-state index in [-0.39, 0.29) is 30.6 Å². The molecule has 154 valence electrons. The molecule has 8 heteroatoms. The lowest BCUT2D eigenvalue weighted by Crippen LogP contribution is -2.50. The Hall–Kier alpha value is -1.64. The molecule has 3 heterocycles. The third-order valence-corrected chi connectivity index (χ3v) is 6.97. The molecule has 2 bridgehead atoms. The van der Waals surface area contributed by atoms with Crippen LogP contribution >= 0.6 is 0 Å². The summed E-state index contributed by atoms with van der Waals surface area (Å²) in [6.45, 7) is 1.12. The minimum atomic E-state index is -3.34. The van der Waals surface area contributed by atoms with Crippen LogP contribution in [0, 0.1) is 0 Å². The maximum atomic E-state index is 12.9. The molecule has 5 rings (SSSR count). The lowest BCUT2D eigenvalue weighted by molar-refractivity contribution is -0.132. The van der Waals surface area contributed by atoms with Gasteiger partial charge in [0.1, 0.15) is 0 Å². The highest BCUT2D eigenvalue weighted by atomic mass is 32.2. The van der Waals surface area contributed by atoms with Gasteiger partial charge in [-0.25, -0.2) is 13.1 Å². The minimum Gasteiger partial charge on any atom is -0.376 e. The summed E-state index contributed by atoms with van der Waals surface area (Å²) < 4.78 is 32.4. The van der Waals surface area contributed by atoms with Gasteiger partial charge in [0, 0.05) is 18.3 Å². The molecule has 1 aromatic carbocycles. The smallest absolute Gasteiger partial charge is 0.242 e. The zero-order valence-electron chi connectivity index (χ0n) is 16.3. The number of amides is 1. The van der Waals surface area contributed by atoms with E-state index >= 15 is 0 Å². The van der Waals surface area contributed by atoms with Gasteiger partial charge in [-0.15, -0.1) is 0 Å². The van der Waals surface area contributed by atoms with E-state index in [1.807, 2.05) is 12.1 Å². The first-order valence-electron chi connectivity index (χ1n) is 10.1. The van der Waals surface area contributed by atoms with Crippen molar-refractivity contribution in [3.05, 3.63) is 29.8 Å². The Bertz CT molecular complexity index is 820. The van der Waals surface area contributed by atoms with E-state index in [2.05, 4.69) is 22.2 Å². The summed E-state index contributed by atoms with van der Waals surface area (Å²) in [7, 11) is -3.34. The van der Waals surface area contributed by atoms with E-state index in [1.165, 1.54) is 5.56 Å². The van der Waals surface area contributed by atoms with Gasteiger partial charge < -0.3 is 15.0 Å². The molecule has 1 unspecified atom stereocenters. The van der Waals surface area contributed by atoms with Crippen molar-refractivity contribution in [2.75, 3.05) is 31.3 Å². The monoisotopic (exact) mass is 407 g/mol. The Morgan fingerprint density at radius 1 is 1.14 bits per heavy atom. The number of nitrogens with zero attached hydrogens (tertiary/aromatic N) is 1. The first kappa shape index (κ1) is 19.7. The van der Waals surface area contributed by atoms with Crippen LogP contribution in [0.4, 0.5) is 5.69 Å². The average molecular weight is 408 g/mol. The highest BCUT2D eigenvalue weighted by Crippen LogP contribution is 2.38. The van der Waals surface area contributed by atoms with Gasteiger partial charge in [-0.2, -0.15) is 0 Å². The van der Waals surface area contributed by atoms with Crippen LogP contribution in [-0.4, -0.2) is 63.4 Å². The predicted octanol–water partition coefficient (Wildman–Crippen LogP) is 1.67. The summed E-state index contributed by atoms with van der Waals surface area (Å²) >= 11 is 0. The number of nitrogens with one attached hydrogen (secondary N) is 2. The van der Waals surface area contributed by atoms with Crippen LogP contribution in [0.2, 0.25) is 0 Å². The number of hydrogen-bond acceptors (Lipinski definition) is 5. The first-order chi connectivity index (χ1) is 13.4. The summed E-state index contributed by atoms with van der Waals surface area (Å²) in [5.41, 5.74) is 2.31. The number of ether oxygens (including phenoxy) is 1. The molecule has 4 aliphatic rings. The number of carbonyl (C=O) groups is 1. The van der Waals surface area contributed by atoms with Gasteiger partial charge in [0.15, 0.2) is 0 Å². The van der Waals surface area contributed by atoms with Crippen LogP contribution in [0.3, 0.4) is 0 Å². The average Bonchev–Trinajstić information content (AvgIpc) is 3.05. The van der Waals surface area contributed by atoms with E-state index in [1.54, 1.807) is 4.90 Å². The van der Waals surface area contributed by atoms with Crippen LogP contribution in [0.25, 0.3) is 0 Å². The number of para-hydroxylation sites is 1. The molecule has 2 atom stereocenters. The van der Waals surface area contributed by atoms with Crippen molar-refractivity contribution in [1.29, 1.82) is 0 Å². The fraction of sp³-hybridized carbons (Fsp3) is 0.650. The molecule has 0 aromatic heterocycles. The van der Waals surface area contributed by atoms with Crippen molar-refractivity contribution < 1.29 is 17.9 Å². The Balaban J connectivity index is 1.59. The van der Waals surface area contributed by atoms with Crippen LogP contribution in [-0.2, 0) is 19.6 Å². The number of anilines is 1. The van der Waals surface area contributed by atoms with Crippen molar-refractivity contribution in [2.24, 2.45) is 0 Å². The van der Waals surface area contributed by atoms with Gasteiger partial charge in [0.25, 0.3) is 0 Å². The number of sulfonamides is 1. The third-order valence-electron chi connectivity index (χ3n) is 6.24. The molecule has 1 saturated heterocycles. The Kier molecular flexibility index (Phi) is 5.62. The Labute approximate surface area is 166 Å². The van der Waals surface area contributed by atoms with Crippen molar-refractivity contribution in [1.82, 2.24) is 9.62 Å². The second-order valence-corrected chi connectivity index (χ2v) is 9.97. The number of fused-ring (bicyclic) bond motifs is 5. The largest absolute Gasteiger partial charge is 0.376 e. The van der Waals surface area contributed by atoms with E-state index in [0.717, 1.165) is 37.6 Å². The second-order valence-electron chi connectivity index (χ2n) is 8.19. The molecule has 1 aromatic rings. The van der Waals surface area contributed by atoms with Crippen molar-refractivity contribution in [3.8, 4) is 0 Å². The molecule has 1 aliphatic carbocycles. The summed E-state index contributed by atoms with van der Waals surface area (Å²) in [5, 5.41) is 3.34. The highest BCUT2D eigenvalue weighted by Gasteiger charge is 2.39. The van der Waals surface area contributed by atoms with Crippen molar-refractivity contribution in [2.45, 2.75) is 56.2 Å². The molecule has 0 spiro atoms. The fourth-order valence-corrected chi connectivity index (χ4v) is 5.67. The predicted molar refractivity (Wildman–Crippen MR) is 108 cm³/mol. The van der Waals surface area contributed by atoms with Gasteiger partial charge in [-0.1, -0.05) is 18.2 Å². The normalized spacial score (nSPS) is 31.2. The maximum absolute atomic E-state index is 12.9. The second kappa shape index (κ2) is 8.00. The molecule has 3 aliphatic heterocycles. The lowest BCUT2D eigenvalue weighted by Gasteiger charge is -2.32. The fourth-order valence-electron chi connectivity index (χ4n) is 4.84. The van der Waals surface area contributed by atoms with Crippen molar-refractivity contribution in [3.63, 3.8) is 0 Å². The molecular weight excluding hydrogens is 378 g/mol. The molecule has 1 saturated carbocycles. The molecule has 28 heavy (non-hydrogen) atoms. The molecule has 7 nitrogen and oxygen atoms in total. The molecular formula is C20H29N3O4S. The van der Waals surface area contributed by atoms with E-state index < -0.39 is 10.0 Å². The minimum absolute atomic E-state index is 0.0206. The van der Waals surface area contributed by atoms with Crippen LogP contribution in [0.15, 0.2) is 24.3 Å². The summed E-state index contributed by atoms with van der Waals surface area (Å²) in [6, 6.07) is 7.68. The zero-order valence-corrected chi connectivity index (χ0v) is 17.1. The summed E-state index contributed by atoms with van der Waals surface area (Å²) in [5.74, 6) is 0.464. The maximum Gasteiger partial charge on any atom is 0.242 e. The van der Waals surface area contributed by atoms with Gasteiger partial charge in [-0.3, -0.25) is 4.79 Å². The zero-order chi connectivity index (χ0) is 19.7. The lowest BCUT2D eigenvalue weighted by atomic mass is 9.82. The van der Waals surface area contributed by atoms with E-state index in [4.69, 9.17) is 4.74 Å². The van der Waals surface area contributed by atoms with Gasteiger partial charge in [-0.05, 0) is 49.7 Å². The number of carbonyl (C=O) groups excluding carboxylic acids is 1. The summed E-state index contributed by atoms with van der Waals surface area (Å²) in [4.78, 5) is 14.7. The number of benzene rings is 1. The van der Waals surface area contributed by atoms with Crippen LogP contribution < -0.4 is 10.0 Å². The SMILES string of the molecule is CS(=O)(=O)NC1CCN2C(=O)CNc3ccccc3[C@H]3CC[C@H](CC3)OC[C@@H]12. The summed E-state index contributed by atoms with van der Waals surface area (Å²) in [6.07, 6.45) is 6.06. The molecule has 2 fully saturated rings. The van der Waals surface area contributed by atoms with Gasteiger partial charge >= 0.3 is 0 Å². The quantitative estimate of drug-likeness (QED) is 0.779. The highest BCUT2D eigenvalue weighted by molar-refractivity contribution is 7.88. The van der Waals surface area contributed by atoms with Crippen LogP contribution in [0.5, 0.6) is 0 Å². The molecule has 1 amide bonds. The first-order valence-corrected chi connectivity index (χ1v) is 12.0. The topological polar surface area (TPSA) is 87.7 Å². The standard InChI is InChI=1S/C20H29N3O4S/c1-28(25,26)22-18-10-11-23-19(18)13-27-15-8-6-14(7-9-15)16-4-2-3-5-17(16)21-12-20(23)24/h2-5,14-15,18-19,21-22H,6-13H2,1H3/t14-,15+,18?,19-/m0/s1. The van der Waals surface area contributed by atoms with Gasteiger partial charge in [0.2, 0.25) is 15.9 Å². The van der Waals surface area contributed by atoms with Crippen LogP contribution in [0.1, 0.15) is 43.6 Å². The third kappa shape index (κ3) is 4.34. The number of hydrogen-bond donors (Lipinski definition) is 2. The Morgan fingerprint density at radius 2 is 1.89 bits per heavy atom. The number of rotatable bonds is 2. The van der Waals surface area contributed by atoms with Gasteiger partial charge in [0.05, 0.1) is 31.6 Å². The molecule has 0 radical (unpaired) electrons.